The number of rotatable bonds is 6. The fourth-order valence-corrected chi connectivity index (χ4v) is 6.22. The van der Waals surface area contributed by atoms with Gasteiger partial charge >= 0.3 is 0 Å². The Morgan fingerprint density at radius 2 is 2.14 bits per heavy atom. The predicted molar refractivity (Wildman–Crippen MR) is 92.6 cm³/mol. The highest BCUT2D eigenvalue weighted by molar-refractivity contribution is 8.77. The summed E-state index contributed by atoms with van der Waals surface area (Å²) in [5.41, 5.74) is 2.73. The molecule has 0 unspecified atom stereocenters. The van der Waals surface area contributed by atoms with Crippen LogP contribution >= 0.6 is 21.6 Å². The van der Waals surface area contributed by atoms with Gasteiger partial charge in [-0.25, -0.2) is 0 Å². The first kappa shape index (κ1) is 15.3. The molecule has 0 saturated carbocycles. The lowest BCUT2D eigenvalue weighted by Crippen LogP contribution is -2.26. The van der Waals surface area contributed by atoms with Gasteiger partial charge in [-0.15, -0.1) is 0 Å². The average Bonchev–Trinajstić information content (AvgIpc) is 3.14. The van der Waals surface area contributed by atoms with Crippen LogP contribution in [0.1, 0.15) is 55.7 Å². The number of hydrogen-bond donors (Lipinski definition) is 1. The van der Waals surface area contributed by atoms with E-state index >= 15 is 0 Å². The SMILES string of the molecule is O=C(CCCC[C@H]1CCSS1)N[C@H]1CCc2ccccc21. The van der Waals surface area contributed by atoms with Gasteiger partial charge in [-0.2, -0.15) is 0 Å². The van der Waals surface area contributed by atoms with E-state index in [0.29, 0.717) is 6.42 Å². The van der Waals surface area contributed by atoms with Gasteiger partial charge in [0.05, 0.1) is 6.04 Å². The second kappa shape index (κ2) is 7.59. The third kappa shape index (κ3) is 4.19. The van der Waals surface area contributed by atoms with Crippen LogP contribution in [0.3, 0.4) is 0 Å². The molecule has 1 saturated heterocycles. The van der Waals surface area contributed by atoms with Gasteiger partial charge in [-0.05, 0) is 43.2 Å². The average molecular weight is 322 g/mol. The molecule has 2 aliphatic rings. The van der Waals surface area contributed by atoms with Crippen LogP contribution in [0.25, 0.3) is 0 Å². The van der Waals surface area contributed by atoms with Crippen LogP contribution < -0.4 is 5.32 Å². The molecule has 1 amide bonds. The summed E-state index contributed by atoms with van der Waals surface area (Å²) in [5, 5.41) is 4.05. The summed E-state index contributed by atoms with van der Waals surface area (Å²) >= 11 is 0. The zero-order valence-corrected chi connectivity index (χ0v) is 14.0. The van der Waals surface area contributed by atoms with Crippen molar-refractivity contribution < 1.29 is 4.79 Å². The molecule has 4 heteroatoms. The standard InChI is InChI=1S/C17H23NOS2/c19-17(8-4-2-6-14-11-12-20-21-14)18-16-10-9-13-5-1-3-7-15(13)16/h1,3,5,7,14,16H,2,4,6,8-12H2,(H,18,19)/t14-,16-/m0/s1. The topological polar surface area (TPSA) is 29.1 Å². The van der Waals surface area contributed by atoms with Crippen molar-refractivity contribution in [3.8, 4) is 0 Å². The summed E-state index contributed by atoms with van der Waals surface area (Å²) in [4.78, 5) is 12.1. The molecular weight excluding hydrogens is 298 g/mol. The number of carbonyl (C=O) groups excluding carboxylic acids is 1. The van der Waals surface area contributed by atoms with E-state index in [1.807, 2.05) is 21.6 Å². The summed E-state index contributed by atoms with van der Waals surface area (Å²) in [6.07, 6.45) is 7.67. The molecule has 1 aliphatic carbocycles. The van der Waals surface area contributed by atoms with E-state index in [2.05, 4.69) is 29.6 Å². The lowest BCUT2D eigenvalue weighted by molar-refractivity contribution is -0.121. The van der Waals surface area contributed by atoms with Crippen LogP contribution in [0.4, 0.5) is 0 Å². The van der Waals surface area contributed by atoms with Gasteiger partial charge < -0.3 is 5.32 Å². The van der Waals surface area contributed by atoms with Crippen LogP contribution in [0.15, 0.2) is 24.3 Å². The smallest absolute Gasteiger partial charge is 0.220 e. The van der Waals surface area contributed by atoms with Crippen molar-refractivity contribution in [2.45, 2.75) is 56.2 Å². The second-order valence-corrected chi connectivity index (χ2v) is 8.72. The summed E-state index contributed by atoms with van der Waals surface area (Å²) < 4.78 is 0. The molecule has 1 heterocycles. The van der Waals surface area contributed by atoms with E-state index in [4.69, 9.17) is 0 Å². The molecule has 21 heavy (non-hydrogen) atoms. The van der Waals surface area contributed by atoms with Crippen LogP contribution in [0, 0.1) is 0 Å². The number of amides is 1. The number of benzene rings is 1. The number of hydrogen-bond acceptors (Lipinski definition) is 3. The Bertz CT molecular complexity index is 485. The van der Waals surface area contributed by atoms with E-state index in [-0.39, 0.29) is 11.9 Å². The van der Waals surface area contributed by atoms with Gasteiger partial charge in [0.2, 0.25) is 5.91 Å². The Morgan fingerprint density at radius 1 is 1.24 bits per heavy atom. The summed E-state index contributed by atoms with van der Waals surface area (Å²) in [5.74, 6) is 1.53. The van der Waals surface area contributed by atoms with E-state index in [1.54, 1.807) is 0 Å². The molecule has 1 N–H and O–H groups in total. The zero-order valence-electron chi connectivity index (χ0n) is 12.3. The van der Waals surface area contributed by atoms with Crippen molar-refractivity contribution in [1.29, 1.82) is 0 Å². The number of unbranched alkanes of at least 4 members (excludes halogenated alkanes) is 1. The maximum Gasteiger partial charge on any atom is 0.220 e. The van der Waals surface area contributed by atoms with Gasteiger partial charge in [0.15, 0.2) is 0 Å². The molecule has 1 aliphatic heterocycles. The van der Waals surface area contributed by atoms with Crippen molar-refractivity contribution in [2.24, 2.45) is 0 Å². The van der Waals surface area contributed by atoms with Gasteiger partial charge in [-0.1, -0.05) is 52.3 Å². The predicted octanol–water partition coefficient (Wildman–Crippen LogP) is 4.50. The van der Waals surface area contributed by atoms with Crippen molar-refractivity contribution >= 4 is 27.5 Å². The monoisotopic (exact) mass is 321 g/mol. The largest absolute Gasteiger partial charge is 0.349 e. The molecule has 0 radical (unpaired) electrons. The molecule has 3 rings (SSSR count). The minimum atomic E-state index is 0.227. The summed E-state index contributed by atoms with van der Waals surface area (Å²) in [6.45, 7) is 0. The van der Waals surface area contributed by atoms with Gasteiger partial charge in [0.25, 0.3) is 0 Å². The van der Waals surface area contributed by atoms with Gasteiger partial charge in [-0.3, -0.25) is 4.79 Å². The van der Waals surface area contributed by atoms with Crippen LogP contribution in [-0.2, 0) is 11.2 Å². The van der Waals surface area contributed by atoms with E-state index in [0.717, 1.165) is 24.5 Å². The fourth-order valence-electron chi connectivity index (χ4n) is 3.20. The maximum atomic E-state index is 12.1. The van der Waals surface area contributed by atoms with Crippen molar-refractivity contribution in [3.05, 3.63) is 35.4 Å². The second-order valence-electron chi connectivity index (χ2n) is 5.93. The van der Waals surface area contributed by atoms with Crippen LogP contribution in [-0.4, -0.2) is 16.9 Å². The van der Waals surface area contributed by atoms with Crippen molar-refractivity contribution in [2.75, 3.05) is 5.75 Å². The number of aryl methyl sites for hydroxylation is 1. The maximum absolute atomic E-state index is 12.1. The Hall–Kier alpha value is -0.610. The first-order valence-corrected chi connectivity index (χ1v) is 10.4. The van der Waals surface area contributed by atoms with Crippen LogP contribution in [0.5, 0.6) is 0 Å². The van der Waals surface area contributed by atoms with Gasteiger partial charge in [0, 0.05) is 17.4 Å². The zero-order chi connectivity index (χ0) is 14.5. The first-order valence-electron chi connectivity index (χ1n) is 7.98. The highest BCUT2D eigenvalue weighted by atomic mass is 33.1. The minimum Gasteiger partial charge on any atom is -0.349 e. The van der Waals surface area contributed by atoms with Crippen LogP contribution in [0.2, 0.25) is 0 Å². The molecule has 2 nitrogen and oxygen atoms in total. The van der Waals surface area contributed by atoms with Gasteiger partial charge in [0.1, 0.15) is 0 Å². The highest BCUT2D eigenvalue weighted by Crippen LogP contribution is 2.39. The molecule has 0 spiro atoms. The van der Waals surface area contributed by atoms with E-state index in [9.17, 15) is 4.79 Å². The number of carbonyl (C=O) groups is 1. The fraction of sp³-hybridized carbons (Fsp3) is 0.588. The Balaban J connectivity index is 1.37. The Kier molecular flexibility index (Phi) is 5.53. The summed E-state index contributed by atoms with van der Waals surface area (Å²) in [6, 6.07) is 8.74. The Morgan fingerprint density at radius 3 is 3.00 bits per heavy atom. The molecule has 0 aromatic heterocycles. The first-order chi connectivity index (χ1) is 10.3. The summed E-state index contributed by atoms with van der Waals surface area (Å²) in [7, 11) is 4.03. The molecular formula is C17H23NOS2. The molecule has 1 aromatic carbocycles. The minimum absolute atomic E-state index is 0.227. The molecule has 1 fully saturated rings. The van der Waals surface area contributed by atoms with E-state index in [1.165, 1.54) is 36.1 Å². The van der Waals surface area contributed by atoms with E-state index < -0.39 is 0 Å². The Labute approximate surface area is 135 Å². The normalized spacial score (nSPS) is 24.0. The van der Waals surface area contributed by atoms with Crippen molar-refractivity contribution in [1.82, 2.24) is 5.32 Å². The third-order valence-electron chi connectivity index (χ3n) is 4.38. The lowest BCUT2D eigenvalue weighted by Gasteiger charge is -2.14. The molecule has 114 valence electrons. The quantitative estimate of drug-likeness (QED) is 0.617. The molecule has 1 aromatic rings. The molecule has 0 bridgehead atoms. The van der Waals surface area contributed by atoms with Crippen molar-refractivity contribution in [3.63, 3.8) is 0 Å². The third-order valence-corrected chi connectivity index (χ3v) is 7.38. The number of fused-ring (bicyclic) bond motifs is 1. The molecule has 2 atom stereocenters. The lowest BCUT2D eigenvalue weighted by atomic mass is 10.1. The number of nitrogens with one attached hydrogen (secondary N) is 1. The highest BCUT2D eigenvalue weighted by Gasteiger charge is 2.23.